The van der Waals surface area contributed by atoms with Crippen LogP contribution in [0.1, 0.15) is 19.8 Å². The number of rotatable bonds is 5. The first-order valence-corrected chi connectivity index (χ1v) is 10.4. The number of halogens is 2. The van der Waals surface area contributed by atoms with Crippen LogP contribution in [0.2, 0.25) is 0 Å². The van der Waals surface area contributed by atoms with Crippen molar-refractivity contribution in [2.45, 2.75) is 25.3 Å². The van der Waals surface area contributed by atoms with Crippen LogP contribution in [0, 0.1) is 11.6 Å². The maximum absolute atomic E-state index is 14.1. The van der Waals surface area contributed by atoms with Gasteiger partial charge in [-0.1, -0.05) is 0 Å². The number of aliphatic imine (C=N–C) groups is 1. The predicted molar refractivity (Wildman–Crippen MR) is 113 cm³/mol. The zero-order valence-corrected chi connectivity index (χ0v) is 17.8. The van der Waals surface area contributed by atoms with E-state index in [9.17, 15) is 8.78 Å². The fourth-order valence-electron chi connectivity index (χ4n) is 4.03. The summed E-state index contributed by atoms with van der Waals surface area (Å²) in [6, 6.07) is 3.62. The molecule has 2 aliphatic heterocycles. The lowest BCUT2D eigenvalue weighted by Gasteiger charge is -2.42. The maximum Gasteiger partial charge on any atom is 0.194 e. The van der Waals surface area contributed by atoms with Gasteiger partial charge in [-0.3, -0.25) is 4.99 Å². The molecule has 162 valence electrons. The van der Waals surface area contributed by atoms with E-state index in [-0.39, 0.29) is 11.4 Å². The minimum atomic E-state index is -0.413. The van der Waals surface area contributed by atoms with E-state index in [0.717, 1.165) is 44.6 Å². The first-order valence-electron chi connectivity index (χ1n) is 10.4. The van der Waals surface area contributed by atoms with Gasteiger partial charge in [0.15, 0.2) is 5.96 Å². The highest BCUT2D eigenvalue weighted by atomic mass is 19.1. The van der Waals surface area contributed by atoms with E-state index in [2.05, 4.69) is 36.1 Å². The summed E-state index contributed by atoms with van der Waals surface area (Å²) in [6.07, 6.45) is 1.94. The summed E-state index contributed by atoms with van der Waals surface area (Å²) >= 11 is 0. The topological polar surface area (TPSA) is 43.3 Å². The monoisotopic (exact) mass is 409 g/mol. The second-order valence-electron chi connectivity index (χ2n) is 7.97. The second-order valence-corrected chi connectivity index (χ2v) is 7.97. The van der Waals surface area contributed by atoms with Gasteiger partial charge in [0.05, 0.1) is 12.2 Å². The van der Waals surface area contributed by atoms with E-state index < -0.39 is 5.82 Å². The van der Waals surface area contributed by atoms with E-state index in [4.69, 9.17) is 9.73 Å². The summed E-state index contributed by atoms with van der Waals surface area (Å²) < 4.78 is 33.2. The average Bonchev–Trinajstić information content (AvgIpc) is 2.73. The highest BCUT2D eigenvalue weighted by Crippen LogP contribution is 2.26. The number of benzene rings is 1. The van der Waals surface area contributed by atoms with E-state index in [1.54, 1.807) is 0 Å². The molecule has 6 nitrogen and oxygen atoms in total. The predicted octanol–water partition coefficient (Wildman–Crippen LogP) is 2.16. The molecule has 0 aliphatic carbocycles. The number of hydrogen-bond acceptors (Lipinski definition) is 4. The minimum Gasteiger partial charge on any atom is -0.381 e. The van der Waals surface area contributed by atoms with Gasteiger partial charge in [-0.25, -0.2) is 8.78 Å². The second kappa shape index (κ2) is 9.71. The lowest BCUT2D eigenvalue weighted by atomic mass is 9.89. The molecule has 2 saturated heterocycles. The van der Waals surface area contributed by atoms with Crippen molar-refractivity contribution < 1.29 is 13.5 Å². The van der Waals surface area contributed by atoms with Crippen LogP contribution in [-0.2, 0) is 4.74 Å². The maximum atomic E-state index is 14.1. The molecule has 29 heavy (non-hydrogen) atoms. The summed E-state index contributed by atoms with van der Waals surface area (Å²) in [7, 11) is 4.22. The SMILES string of the molecule is CCNC(=NCC1(N(C)C)CCOCC1)N1CCN(c2cc(F)ccc2F)CC1. The van der Waals surface area contributed by atoms with Crippen LogP contribution in [0.15, 0.2) is 23.2 Å². The van der Waals surface area contributed by atoms with Crippen molar-refractivity contribution in [3.8, 4) is 0 Å². The number of guanidine groups is 1. The van der Waals surface area contributed by atoms with Gasteiger partial charge in [-0.15, -0.1) is 0 Å². The van der Waals surface area contributed by atoms with Gasteiger partial charge in [0.1, 0.15) is 11.6 Å². The molecule has 0 aromatic heterocycles. The molecule has 0 atom stereocenters. The van der Waals surface area contributed by atoms with Gasteiger partial charge in [0.2, 0.25) is 0 Å². The Balaban J connectivity index is 1.67. The number of nitrogens with one attached hydrogen (secondary N) is 1. The highest BCUT2D eigenvalue weighted by molar-refractivity contribution is 5.80. The number of nitrogens with zero attached hydrogens (tertiary/aromatic N) is 4. The number of hydrogen-bond donors (Lipinski definition) is 1. The Morgan fingerprint density at radius 1 is 1.17 bits per heavy atom. The molecular weight excluding hydrogens is 376 g/mol. The summed E-state index contributed by atoms with van der Waals surface area (Å²) in [5, 5.41) is 3.40. The van der Waals surface area contributed by atoms with Crippen LogP contribution in [0.25, 0.3) is 0 Å². The molecule has 0 bridgehead atoms. The molecule has 0 amide bonds. The van der Waals surface area contributed by atoms with Gasteiger partial charge in [-0.05, 0) is 46.0 Å². The molecule has 2 fully saturated rings. The van der Waals surface area contributed by atoms with Gasteiger partial charge in [0.25, 0.3) is 0 Å². The van der Waals surface area contributed by atoms with Gasteiger partial charge >= 0.3 is 0 Å². The lowest BCUT2D eigenvalue weighted by molar-refractivity contribution is -0.00264. The van der Waals surface area contributed by atoms with E-state index >= 15 is 0 Å². The Morgan fingerprint density at radius 2 is 1.86 bits per heavy atom. The first kappa shape index (κ1) is 21.8. The zero-order chi connectivity index (χ0) is 20.9. The van der Waals surface area contributed by atoms with Crippen molar-refractivity contribution in [3.63, 3.8) is 0 Å². The molecule has 0 saturated carbocycles. The van der Waals surface area contributed by atoms with Crippen molar-refractivity contribution in [1.82, 2.24) is 15.1 Å². The Labute approximate surface area is 172 Å². The van der Waals surface area contributed by atoms with E-state index in [1.807, 2.05) is 4.90 Å². The quantitative estimate of drug-likeness (QED) is 0.597. The Bertz CT molecular complexity index is 698. The van der Waals surface area contributed by atoms with Crippen LogP contribution in [0.3, 0.4) is 0 Å². The van der Waals surface area contributed by atoms with Crippen molar-refractivity contribution in [1.29, 1.82) is 0 Å². The van der Waals surface area contributed by atoms with Crippen LogP contribution in [0.5, 0.6) is 0 Å². The summed E-state index contributed by atoms with van der Waals surface area (Å²) in [5.74, 6) is 0.0941. The Hall–Kier alpha value is -1.93. The standard InChI is InChI=1S/C21H33F2N5O/c1-4-24-20(25-16-21(26(2)3)7-13-29-14-8-21)28-11-9-27(10-12-28)19-15-17(22)5-6-18(19)23/h5-6,15H,4,7-14,16H2,1-3H3,(H,24,25). The third-order valence-electron chi connectivity index (χ3n) is 6.06. The van der Waals surface area contributed by atoms with Crippen molar-refractivity contribution in [3.05, 3.63) is 29.8 Å². The number of likely N-dealkylation sites (N-methyl/N-ethyl adjacent to an activating group) is 1. The number of piperazine rings is 1. The van der Waals surface area contributed by atoms with Crippen LogP contribution in [0.4, 0.5) is 14.5 Å². The average molecular weight is 410 g/mol. The number of anilines is 1. The first-order chi connectivity index (χ1) is 13.9. The van der Waals surface area contributed by atoms with Crippen molar-refractivity contribution in [2.24, 2.45) is 4.99 Å². The molecule has 1 aromatic carbocycles. The van der Waals surface area contributed by atoms with Gasteiger partial charge < -0.3 is 24.8 Å². The zero-order valence-electron chi connectivity index (χ0n) is 17.8. The highest BCUT2D eigenvalue weighted by Gasteiger charge is 2.35. The van der Waals surface area contributed by atoms with Gasteiger partial charge in [0, 0.05) is 57.5 Å². The molecule has 0 radical (unpaired) electrons. The largest absolute Gasteiger partial charge is 0.381 e. The van der Waals surface area contributed by atoms with Crippen molar-refractivity contribution in [2.75, 3.05) is 71.5 Å². The lowest BCUT2D eigenvalue weighted by Crippen LogP contribution is -2.54. The fraction of sp³-hybridized carbons (Fsp3) is 0.667. The van der Waals surface area contributed by atoms with E-state index in [0.29, 0.717) is 38.4 Å². The normalized spacial score (nSPS) is 20.3. The summed E-state index contributed by atoms with van der Waals surface area (Å²) in [4.78, 5) is 11.3. The summed E-state index contributed by atoms with van der Waals surface area (Å²) in [5.41, 5.74) is 0.353. The molecular formula is C21H33F2N5O. The fourth-order valence-corrected chi connectivity index (χ4v) is 4.03. The molecule has 2 aliphatic rings. The molecule has 3 rings (SSSR count). The molecule has 0 spiro atoms. The molecule has 2 heterocycles. The third-order valence-corrected chi connectivity index (χ3v) is 6.06. The van der Waals surface area contributed by atoms with E-state index in [1.165, 1.54) is 12.1 Å². The van der Waals surface area contributed by atoms with Crippen LogP contribution >= 0.6 is 0 Å². The van der Waals surface area contributed by atoms with Crippen LogP contribution in [-0.4, -0.2) is 87.9 Å². The Kier molecular flexibility index (Phi) is 7.29. The smallest absolute Gasteiger partial charge is 0.194 e. The Morgan fingerprint density at radius 3 is 2.48 bits per heavy atom. The van der Waals surface area contributed by atoms with Crippen molar-refractivity contribution >= 4 is 11.6 Å². The molecule has 8 heteroatoms. The summed E-state index contributed by atoms with van der Waals surface area (Å²) in [6.45, 7) is 7.75. The molecule has 0 unspecified atom stereocenters. The molecule has 1 aromatic rings. The van der Waals surface area contributed by atoms with Crippen LogP contribution < -0.4 is 10.2 Å². The number of ether oxygens (including phenoxy) is 1. The third kappa shape index (κ3) is 5.17. The van der Waals surface area contributed by atoms with Gasteiger partial charge in [-0.2, -0.15) is 0 Å². The molecule has 1 N–H and O–H groups in total. The minimum absolute atomic E-state index is 0.0193.